The van der Waals surface area contributed by atoms with E-state index in [2.05, 4.69) is 0 Å². The van der Waals surface area contributed by atoms with Gasteiger partial charge in [-0.3, -0.25) is 4.79 Å². The lowest BCUT2D eigenvalue weighted by Gasteiger charge is -2.31. The molecule has 1 aromatic rings. The molecule has 0 radical (unpaired) electrons. The Hall–Kier alpha value is -1.79. The Morgan fingerprint density at radius 3 is 2.90 bits per heavy atom. The second kappa shape index (κ2) is 5.91. The highest BCUT2D eigenvalue weighted by atomic mass is 16.5. The minimum Gasteiger partial charge on any atom is -0.504 e. The predicted octanol–water partition coefficient (Wildman–Crippen LogP) is 0.723. The third kappa shape index (κ3) is 2.96. The fraction of sp³-hybridized carbons (Fsp3) is 0.533. The second-order valence-electron chi connectivity index (χ2n) is 5.71. The van der Waals surface area contributed by atoms with E-state index in [1.165, 1.54) is 7.11 Å². The summed E-state index contributed by atoms with van der Waals surface area (Å²) in [6.07, 6.45) is 0. The molecule has 2 rings (SSSR count). The second-order valence-corrected chi connectivity index (χ2v) is 5.71. The predicted molar refractivity (Wildman–Crippen MR) is 78.0 cm³/mol. The van der Waals surface area contributed by atoms with Gasteiger partial charge in [0, 0.05) is 19.6 Å². The van der Waals surface area contributed by atoms with Gasteiger partial charge in [0.2, 0.25) is 5.91 Å². The molecule has 0 aromatic heterocycles. The van der Waals surface area contributed by atoms with Crippen LogP contribution in [0, 0.1) is 5.41 Å². The Bertz CT molecular complexity index is 534. The van der Waals surface area contributed by atoms with Gasteiger partial charge in [-0.15, -0.1) is 0 Å². The van der Waals surface area contributed by atoms with Crippen molar-refractivity contribution in [3.63, 3.8) is 0 Å². The molecule has 1 saturated heterocycles. The number of phenolic OH excluding ortho intramolecular Hbond substituents is 1. The first-order valence-corrected chi connectivity index (χ1v) is 6.83. The maximum absolute atomic E-state index is 12.6. The maximum Gasteiger partial charge on any atom is 0.232 e. The molecule has 3 N–H and O–H groups in total. The summed E-state index contributed by atoms with van der Waals surface area (Å²) in [4.78, 5) is 14.2. The average Bonchev–Trinajstić information content (AvgIpc) is 2.81. The van der Waals surface area contributed by atoms with E-state index in [4.69, 9.17) is 15.2 Å². The molecule has 116 valence electrons. The molecular weight excluding hydrogens is 272 g/mol. The average molecular weight is 294 g/mol. The van der Waals surface area contributed by atoms with E-state index >= 15 is 0 Å². The van der Waals surface area contributed by atoms with Crippen molar-refractivity contribution in [2.45, 2.75) is 19.5 Å². The minimum absolute atomic E-state index is 0.0421. The van der Waals surface area contributed by atoms with Gasteiger partial charge in [0.05, 0.1) is 25.7 Å². The van der Waals surface area contributed by atoms with Crippen LogP contribution < -0.4 is 10.5 Å². The van der Waals surface area contributed by atoms with E-state index in [-0.39, 0.29) is 17.7 Å². The number of rotatable bonds is 4. The van der Waals surface area contributed by atoms with Crippen LogP contribution >= 0.6 is 0 Å². The standard InChI is InChI=1S/C15H22N2O4/c1-15(9-21-8-13(15)16)14(19)17(2)7-10-4-5-11(18)12(6-10)20-3/h4-6,13,18H,7-9,16H2,1-3H3. The fourth-order valence-electron chi connectivity index (χ4n) is 2.51. The normalized spacial score (nSPS) is 24.9. The first-order valence-electron chi connectivity index (χ1n) is 6.83. The zero-order valence-electron chi connectivity index (χ0n) is 12.6. The van der Waals surface area contributed by atoms with Crippen LogP contribution in [0.5, 0.6) is 11.5 Å². The molecule has 1 amide bonds. The van der Waals surface area contributed by atoms with Crippen molar-refractivity contribution in [3.8, 4) is 11.5 Å². The van der Waals surface area contributed by atoms with Crippen LogP contribution in [0.4, 0.5) is 0 Å². The van der Waals surface area contributed by atoms with Gasteiger partial charge in [-0.1, -0.05) is 6.07 Å². The van der Waals surface area contributed by atoms with Gasteiger partial charge in [0.15, 0.2) is 11.5 Å². The first kappa shape index (κ1) is 15.6. The van der Waals surface area contributed by atoms with Gasteiger partial charge < -0.3 is 25.2 Å². The summed E-state index contributed by atoms with van der Waals surface area (Å²) in [5, 5.41) is 9.59. The number of aromatic hydroxyl groups is 1. The lowest BCUT2D eigenvalue weighted by atomic mass is 9.84. The molecule has 0 saturated carbocycles. The highest BCUT2D eigenvalue weighted by molar-refractivity contribution is 5.83. The third-order valence-electron chi connectivity index (χ3n) is 4.02. The number of carbonyl (C=O) groups is 1. The van der Waals surface area contributed by atoms with Crippen molar-refractivity contribution >= 4 is 5.91 Å². The molecule has 2 unspecified atom stereocenters. The molecule has 1 heterocycles. The molecule has 1 aromatic carbocycles. The van der Waals surface area contributed by atoms with Crippen molar-refractivity contribution in [3.05, 3.63) is 23.8 Å². The monoisotopic (exact) mass is 294 g/mol. The zero-order valence-corrected chi connectivity index (χ0v) is 12.6. The van der Waals surface area contributed by atoms with E-state index in [0.717, 1.165) is 5.56 Å². The number of hydrogen-bond acceptors (Lipinski definition) is 5. The Balaban J connectivity index is 2.11. The van der Waals surface area contributed by atoms with Crippen molar-refractivity contribution in [1.82, 2.24) is 4.90 Å². The first-order chi connectivity index (χ1) is 9.88. The van der Waals surface area contributed by atoms with Gasteiger partial charge in [-0.05, 0) is 24.6 Å². The lowest BCUT2D eigenvalue weighted by molar-refractivity contribution is -0.140. The molecule has 0 bridgehead atoms. The number of ether oxygens (including phenoxy) is 2. The van der Waals surface area contributed by atoms with Crippen LogP contribution in [0.25, 0.3) is 0 Å². The summed E-state index contributed by atoms with van der Waals surface area (Å²) in [6, 6.07) is 4.74. The number of benzene rings is 1. The minimum atomic E-state index is -0.685. The van der Waals surface area contributed by atoms with Gasteiger partial charge >= 0.3 is 0 Å². The van der Waals surface area contributed by atoms with Crippen LogP contribution in [-0.4, -0.2) is 49.3 Å². The smallest absolute Gasteiger partial charge is 0.232 e. The van der Waals surface area contributed by atoms with Gasteiger partial charge in [0.25, 0.3) is 0 Å². The summed E-state index contributed by atoms with van der Waals surface area (Å²) in [7, 11) is 3.22. The molecular formula is C15H22N2O4. The van der Waals surface area contributed by atoms with Crippen LogP contribution in [-0.2, 0) is 16.1 Å². The Kier molecular flexibility index (Phi) is 4.39. The quantitative estimate of drug-likeness (QED) is 0.855. The van der Waals surface area contributed by atoms with Crippen LogP contribution in [0.2, 0.25) is 0 Å². The van der Waals surface area contributed by atoms with E-state index in [0.29, 0.717) is 25.5 Å². The number of methoxy groups -OCH3 is 1. The summed E-state index contributed by atoms with van der Waals surface area (Å²) in [5.41, 5.74) is 6.17. The highest BCUT2D eigenvalue weighted by Crippen LogP contribution is 2.31. The highest BCUT2D eigenvalue weighted by Gasteiger charge is 2.45. The topological polar surface area (TPSA) is 85.0 Å². The van der Waals surface area contributed by atoms with Gasteiger partial charge in [-0.25, -0.2) is 0 Å². The molecule has 1 aliphatic rings. The molecule has 0 aliphatic carbocycles. The van der Waals surface area contributed by atoms with Crippen LogP contribution in [0.3, 0.4) is 0 Å². The number of amides is 1. The van der Waals surface area contributed by atoms with Crippen LogP contribution in [0.1, 0.15) is 12.5 Å². The van der Waals surface area contributed by atoms with E-state index in [9.17, 15) is 9.90 Å². The number of carbonyl (C=O) groups excluding carboxylic acids is 1. The van der Waals surface area contributed by atoms with Crippen molar-refractivity contribution in [2.75, 3.05) is 27.4 Å². The Morgan fingerprint density at radius 1 is 1.62 bits per heavy atom. The summed E-state index contributed by atoms with van der Waals surface area (Å²) >= 11 is 0. The van der Waals surface area contributed by atoms with E-state index < -0.39 is 5.41 Å². The number of hydrogen-bond donors (Lipinski definition) is 2. The number of phenols is 1. The Morgan fingerprint density at radius 2 is 2.33 bits per heavy atom. The molecule has 2 atom stereocenters. The largest absolute Gasteiger partial charge is 0.504 e. The van der Waals surface area contributed by atoms with Crippen LogP contribution in [0.15, 0.2) is 18.2 Å². The molecule has 0 spiro atoms. The molecule has 1 aliphatic heterocycles. The third-order valence-corrected chi connectivity index (χ3v) is 4.02. The van der Waals surface area contributed by atoms with E-state index in [1.54, 1.807) is 30.1 Å². The maximum atomic E-state index is 12.6. The van der Waals surface area contributed by atoms with Crippen molar-refractivity contribution in [1.29, 1.82) is 0 Å². The summed E-state index contributed by atoms with van der Waals surface area (Å²) in [5.74, 6) is 0.424. The molecule has 6 nitrogen and oxygen atoms in total. The van der Waals surface area contributed by atoms with Gasteiger partial charge in [0.1, 0.15) is 0 Å². The van der Waals surface area contributed by atoms with Crippen molar-refractivity contribution in [2.24, 2.45) is 11.1 Å². The fourth-order valence-corrected chi connectivity index (χ4v) is 2.51. The molecule has 21 heavy (non-hydrogen) atoms. The number of nitrogens with two attached hydrogens (primary N) is 1. The van der Waals surface area contributed by atoms with E-state index in [1.807, 2.05) is 6.92 Å². The molecule has 6 heteroatoms. The molecule has 1 fully saturated rings. The van der Waals surface area contributed by atoms with Crippen molar-refractivity contribution < 1.29 is 19.4 Å². The summed E-state index contributed by atoms with van der Waals surface area (Å²) < 4.78 is 10.4. The lowest BCUT2D eigenvalue weighted by Crippen LogP contribution is -2.50. The summed E-state index contributed by atoms with van der Waals surface area (Å²) in [6.45, 7) is 3.00. The number of nitrogens with zero attached hydrogens (tertiary/aromatic N) is 1. The van der Waals surface area contributed by atoms with Gasteiger partial charge in [-0.2, -0.15) is 0 Å². The SMILES string of the molecule is COc1cc(CN(C)C(=O)C2(C)COCC2N)ccc1O. The zero-order chi connectivity index (χ0) is 15.6. The Labute approximate surface area is 124 Å².